The maximum atomic E-state index is 12.8. The van der Waals surface area contributed by atoms with Crippen LogP contribution in [0.2, 0.25) is 0 Å². The molecule has 0 heterocycles. The lowest BCUT2D eigenvalue weighted by molar-refractivity contribution is -0.128. The molecule has 0 saturated carbocycles. The molecule has 2 aromatic carbocycles. The van der Waals surface area contributed by atoms with Gasteiger partial charge >= 0.3 is 5.97 Å². The van der Waals surface area contributed by atoms with Crippen LogP contribution in [0.15, 0.2) is 48.5 Å². The Morgan fingerprint density at radius 2 is 1.50 bits per heavy atom. The Hall–Kier alpha value is -3.42. The van der Waals surface area contributed by atoms with Crippen LogP contribution in [-0.4, -0.2) is 31.0 Å². The van der Waals surface area contributed by atoms with E-state index in [1.165, 1.54) is 62.6 Å². The number of esters is 1. The number of hydrazine groups is 1. The standard InChI is InChI=1S/C18H17FN2O5/c1-11(26-15-9-7-14(19)8-10-15)16(22)20-21-17(23)12-3-5-13(6-4-12)18(24)25-2/h3-11H,1-2H3,(H,20,22)(H,21,23)/t11-/m1/s1. The molecule has 0 aliphatic rings. The van der Waals surface area contributed by atoms with Crippen LogP contribution in [0.25, 0.3) is 0 Å². The van der Waals surface area contributed by atoms with Crippen LogP contribution in [-0.2, 0) is 9.53 Å². The lowest BCUT2D eigenvalue weighted by atomic mass is 10.1. The largest absolute Gasteiger partial charge is 0.481 e. The van der Waals surface area contributed by atoms with Gasteiger partial charge in [-0.2, -0.15) is 0 Å². The number of rotatable bonds is 5. The Balaban J connectivity index is 1.86. The number of hydrogen-bond acceptors (Lipinski definition) is 5. The van der Waals surface area contributed by atoms with Gasteiger partial charge < -0.3 is 9.47 Å². The van der Waals surface area contributed by atoms with Gasteiger partial charge in [-0.15, -0.1) is 0 Å². The molecule has 0 spiro atoms. The number of benzene rings is 2. The number of hydrogen-bond donors (Lipinski definition) is 2. The molecule has 0 aliphatic carbocycles. The van der Waals surface area contributed by atoms with E-state index in [1.54, 1.807) is 0 Å². The van der Waals surface area contributed by atoms with Crippen molar-refractivity contribution in [1.82, 2.24) is 10.9 Å². The lowest BCUT2D eigenvalue weighted by Gasteiger charge is -2.15. The molecule has 8 heteroatoms. The van der Waals surface area contributed by atoms with Gasteiger partial charge in [-0.1, -0.05) is 0 Å². The van der Waals surface area contributed by atoms with Crippen molar-refractivity contribution in [2.45, 2.75) is 13.0 Å². The van der Waals surface area contributed by atoms with Gasteiger partial charge in [-0.05, 0) is 55.5 Å². The van der Waals surface area contributed by atoms with Gasteiger partial charge in [0.15, 0.2) is 6.10 Å². The Morgan fingerprint density at radius 1 is 0.923 bits per heavy atom. The highest BCUT2D eigenvalue weighted by atomic mass is 19.1. The van der Waals surface area contributed by atoms with Crippen LogP contribution in [0.4, 0.5) is 4.39 Å². The summed E-state index contributed by atoms with van der Waals surface area (Å²) < 4.78 is 22.7. The smallest absolute Gasteiger partial charge is 0.337 e. The number of nitrogens with one attached hydrogen (secondary N) is 2. The summed E-state index contributed by atoms with van der Waals surface area (Å²) in [6.45, 7) is 1.48. The van der Waals surface area contributed by atoms with E-state index in [-0.39, 0.29) is 5.56 Å². The predicted octanol–water partition coefficient (Wildman–Crippen LogP) is 1.84. The van der Waals surface area contributed by atoms with Gasteiger partial charge in [0.05, 0.1) is 12.7 Å². The molecule has 0 radical (unpaired) electrons. The molecule has 2 N–H and O–H groups in total. The average molecular weight is 360 g/mol. The molecule has 0 fully saturated rings. The summed E-state index contributed by atoms with van der Waals surface area (Å²) in [6, 6.07) is 10.9. The minimum Gasteiger partial charge on any atom is -0.481 e. The molecule has 0 unspecified atom stereocenters. The Kier molecular flexibility index (Phi) is 6.26. The fraction of sp³-hybridized carbons (Fsp3) is 0.167. The molecular weight excluding hydrogens is 343 g/mol. The van der Waals surface area contributed by atoms with Crippen molar-refractivity contribution < 1.29 is 28.2 Å². The second-order valence-corrected chi connectivity index (χ2v) is 5.23. The highest BCUT2D eigenvalue weighted by Gasteiger charge is 2.16. The third-order valence-corrected chi connectivity index (χ3v) is 3.36. The summed E-state index contributed by atoms with van der Waals surface area (Å²) in [5.74, 6) is -1.77. The van der Waals surface area contributed by atoms with Crippen LogP contribution < -0.4 is 15.6 Å². The van der Waals surface area contributed by atoms with Crippen LogP contribution in [0, 0.1) is 5.82 Å². The van der Waals surface area contributed by atoms with E-state index in [2.05, 4.69) is 15.6 Å². The van der Waals surface area contributed by atoms with Gasteiger partial charge in [0, 0.05) is 5.56 Å². The summed E-state index contributed by atoms with van der Waals surface area (Å²) in [6.07, 6.45) is -0.914. The summed E-state index contributed by atoms with van der Waals surface area (Å²) >= 11 is 0. The molecular formula is C18H17FN2O5. The summed E-state index contributed by atoms with van der Waals surface area (Å²) in [5.41, 5.74) is 5.02. The molecule has 136 valence electrons. The predicted molar refractivity (Wildman–Crippen MR) is 89.9 cm³/mol. The maximum absolute atomic E-state index is 12.8. The van der Waals surface area contributed by atoms with Gasteiger partial charge in [0.2, 0.25) is 0 Å². The molecule has 7 nitrogen and oxygen atoms in total. The highest BCUT2D eigenvalue weighted by Crippen LogP contribution is 2.13. The van der Waals surface area contributed by atoms with Crippen molar-refractivity contribution in [2.24, 2.45) is 0 Å². The van der Waals surface area contributed by atoms with E-state index in [0.717, 1.165) is 0 Å². The first-order valence-electron chi connectivity index (χ1n) is 7.61. The van der Waals surface area contributed by atoms with E-state index in [4.69, 9.17) is 4.74 Å². The van der Waals surface area contributed by atoms with Crippen LogP contribution in [0.5, 0.6) is 5.75 Å². The van der Waals surface area contributed by atoms with E-state index in [1.807, 2.05) is 0 Å². The van der Waals surface area contributed by atoms with Crippen molar-refractivity contribution in [3.05, 3.63) is 65.5 Å². The van der Waals surface area contributed by atoms with Crippen LogP contribution >= 0.6 is 0 Å². The van der Waals surface area contributed by atoms with Crippen LogP contribution in [0.1, 0.15) is 27.6 Å². The molecule has 1 atom stereocenters. The van der Waals surface area contributed by atoms with Gasteiger partial charge in [-0.3, -0.25) is 20.4 Å². The summed E-state index contributed by atoms with van der Waals surface area (Å²) in [7, 11) is 1.26. The average Bonchev–Trinajstić information content (AvgIpc) is 2.67. The maximum Gasteiger partial charge on any atom is 0.337 e. The second-order valence-electron chi connectivity index (χ2n) is 5.23. The highest BCUT2D eigenvalue weighted by molar-refractivity contribution is 5.97. The molecule has 0 aromatic heterocycles. The second kappa shape index (κ2) is 8.61. The zero-order chi connectivity index (χ0) is 19.1. The first-order chi connectivity index (χ1) is 12.4. The SMILES string of the molecule is COC(=O)c1ccc(C(=O)NNC(=O)[C@@H](C)Oc2ccc(F)cc2)cc1. The minimum atomic E-state index is -0.914. The third-order valence-electron chi connectivity index (χ3n) is 3.36. The van der Waals surface area contributed by atoms with E-state index < -0.39 is 29.7 Å². The van der Waals surface area contributed by atoms with Crippen molar-refractivity contribution in [1.29, 1.82) is 0 Å². The first kappa shape index (κ1) is 18.9. The van der Waals surface area contributed by atoms with Crippen molar-refractivity contribution in [2.75, 3.05) is 7.11 Å². The fourth-order valence-corrected chi connectivity index (χ4v) is 1.94. The Morgan fingerprint density at radius 3 is 2.08 bits per heavy atom. The number of halogens is 1. The van der Waals surface area contributed by atoms with Gasteiger partial charge in [0.25, 0.3) is 11.8 Å². The number of carbonyl (C=O) groups is 3. The van der Waals surface area contributed by atoms with Crippen molar-refractivity contribution in [3.8, 4) is 5.75 Å². The third kappa shape index (κ3) is 5.04. The molecule has 26 heavy (non-hydrogen) atoms. The lowest BCUT2D eigenvalue weighted by Crippen LogP contribution is -2.47. The van der Waals surface area contributed by atoms with E-state index >= 15 is 0 Å². The first-order valence-corrected chi connectivity index (χ1v) is 7.61. The molecule has 0 aliphatic heterocycles. The Labute approximate surface area is 149 Å². The quantitative estimate of drug-likeness (QED) is 0.627. The van der Waals surface area contributed by atoms with Crippen LogP contribution in [0.3, 0.4) is 0 Å². The molecule has 2 aromatic rings. The molecule has 0 saturated heterocycles. The minimum absolute atomic E-state index is 0.241. The van der Waals surface area contributed by atoms with Gasteiger partial charge in [-0.25, -0.2) is 9.18 Å². The number of amides is 2. The zero-order valence-electron chi connectivity index (χ0n) is 14.1. The zero-order valence-corrected chi connectivity index (χ0v) is 14.1. The number of ether oxygens (including phenoxy) is 2. The van der Waals surface area contributed by atoms with Crippen molar-refractivity contribution in [3.63, 3.8) is 0 Å². The fourth-order valence-electron chi connectivity index (χ4n) is 1.94. The molecule has 2 rings (SSSR count). The molecule has 0 bridgehead atoms. The van der Waals surface area contributed by atoms with E-state index in [0.29, 0.717) is 11.3 Å². The number of methoxy groups -OCH3 is 1. The summed E-state index contributed by atoms with van der Waals surface area (Å²) in [4.78, 5) is 35.3. The van der Waals surface area contributed by atoms with Gasteiger partial charge in [0.1, 0.15) is 11.6 Å². The summed E-state index contributed by atoms with van der Waals surface area (Å²) in [5, 5.41) is 0. The Bertz CT molecular complexity index is 790. The number of carbonyl (C=O) groups excluding carboxylic acids is 3. The van der Waals surface area contributed by atoms with E-state index in [9.17, 15) is 18.8 Å². The molecule has 2 amide bonds. The topological polar surface area (TPSA) is 93.7 Å². The van der Waals surface area contributed by atoms with Crippen molar-refractivity contribution >= 4 is 17.8 Å². The monoisotopic (exact) mass is 360 g/mol. The normalized spacial score (nSPS) is 11.2.